The number of carbonyl (C=O) groups excluding carboxylic acids is 1. The first-order valence-corrected chi connectivity index (χ1v) is 5.84. The number of hydrogen-bond acceptors (Lipinski definition) is 3. The van der Waals surface area contributed by atoms with E-state index in [1.807, 2.05) is 6.92 Å². The molecule has 0 aliphatic carbocycles. The van der Waals surface area contributed by atoms with E-state index in [1.54, 1.807) is 12.1 Å². The van der Waals surface area contributed by atoms with Crippen molar-refractivity contribution in [2.75, 3.05) is 25.5 Å². The van der Waals surface area contributed by atoms with Gasteiger partial charge >= 0.3 is 5.97 Å². The fourth-order valence-corrected chi connectivity index (χ4v) is 1.69. The van der Waals surface area contributed by atoms with Crippen LogP contribution in [0.3, 0.4) is 0 Å². The maximum absolute atomic E-state index is 12.1. The summed E-state index contributed by atoms with van der Waals surface area (Å²) < 4.78 is 0. The zero-order chi connectivity index (χ0) is 13.7. The fraction of sp³-hybridized carbons (Fsp3) is 0.333. The van der Waals surface area contributed by atoms with Gasteiger partial charge in [0.25, 0.3) is 5.91 Å². The molecule has 0 spiro atoms. The molecular formula is C12H15ClN2O3. The molecule has 0 atom stereocenters. The number of carboxylic acids is 1. The quantitative estimate of drug-likeness (QED) is 0.858. The average molecular weight is 271 g/mol. The van der Waals surface area contributed by atoms with E-state index < -0.39 is 5.97 Å². The molecule has 18 heavy (non-hydrogen) atoms. The van der Waals surface area contributed by atoms with Crippen LogP contribution < -0.4 is 5.32 Å². The van der Waals surface area contributed by atoms with Crippen molar-refractivity contribution in [2.45, 2.75) is 6.92 Å². The number of carbonyl (C=O) groups is 2. The van der Waals surface area contributed by atoms with E-state index in [4.69, 9.17) is 16.7 Å². The third-order valence-corrected chi connectivity index (χ3v) is 2.53. The zero-order valence-corrected chi connectivity index (χ0v) is 11.0. The number of anilines is 1. The van der Waals surface area contributed by atoms with E-state index in [9.17, 15) is 9.59 Å². The molecule has 0 aliphatic heterocycles. The van der Waals surface area contributed by atoms with Crippen LogP contribution in [0.4, 0.5) is 5.69 Å². The van der Waals surface area contributed by atoms with Crippen molar-refractivity contribution < 1.29 is 14.7 Å². The summed E-state index contributed by atoms with van der Waals surface area (Å²) in [6.45, 7) is 2.21. The Bertz CT molecular complexity index is 463. The minimum atomic E-state index is -1.06. The molecule has 0 aromatic heterocycles. The molecule has 0 fully saturated rings. The third kappa shape index (κ3) is 3.63. The Labute approximate surface area is 110 Å². The van der Waals surface area contributed by atoms with Crippen molar-refractivity contribution in [1.82, 2.24) is 4.90 Å². The molecule has 0 radical (unpaired) electrons. The maximum atomic E-state index is 12.1. The Morgan fingerprint density at radius 1 is 1.44 bits per heavy atom. The summed E-state index contributed by atoms with van der Waals surface area (Å²) >= 11 is 5.86. The van der Waals surface area contributed by atoms with Crippen molar-refractivity contribution in [2.24, 2.45) is 0 Å². The maximum Gasteiger partial charge on any atom is 0.323 e. The summed E-state index contributed by atoms with van der Waals surface area (Å²) in [6, 6.07) is 4.90. The lowest BCUT2D eigenvalue weighted by Crippen LogP contribution is -2.32. The fourth-order valence-electron chi connectivity index (χ4n) is 1.52. The van der Waals surface area contributed by atoms with Gasteiger partial charge in [-0.15, -0.1) is 0 Å². The van der Waals surface area contributed by atoms with Crippen LogP contribution in [-0.2, 0) is 4.79 Å². The van der Waals surface area contributed by atoms with Crippen LogP contribution in [0.1, 0.15) is 17.3 Å². The molecule has 0 bridgehead atoms. The number of rotatable bonds is 5. The van der Waals surface area contributed by atoms with Gasteiger partial charge in [-0.05, 0) is 25.1 Å². The first-order valence-electron chi connectivity index (χ1n) is 5.46. The largest absolute Gasteiger partial charge is 0.480 e. The second-order valence-corrected chi connectivity index (χ2v) is 4.21. The minimum Gasteiger partial charge on any atom is -0.480 e. The first-order chi connectivity index (χ1) is 8.45. The smallest absolute Gasteiger partial charge is 0.323 e. The molecule has 98 valence electrons. The summed E-state index contributed by atoms with van der Waals surface area (Å²) in [6.07, 6.45) is 0. The number of hydrogen-bond donors (Lipinski definition) is 2. The molecule has 0 aliphatic rings. The third-order valence-electron chi connectivity index (χ3n) is 2.30. The van der Waals surface area contributed by atoms with Crippen LogP contribution in [0.25, 0.3) is 0 Å². The molecule has 6 heteroatoms. The van der Waals surface area contributed by atoms with Crippen LogP contribution in [-0.4, -0.2) is 42.0 Å². The van der Waals surface area contributed by atoms with E-state index in [0.717, 1.165) is 4.90 Å². The number of nitrogens with zero attached hydrogens (tertiary/aromatic N) is 1. The van der Waals surface area contributed by atoms with Crippen molar-refractivity contribution in [1.29, 1.82) is 0 Å². The molecule has 0 heterocycles. The Morgan fingerprint density at radius 3 is 2.67 bits per heavy atom. The topological polar surface area (TPSA) is 69.6 Å². The number of carboxylic acid groups (broad SMARTS) is 1. The number of halogens is 1. The molecule has 0 unspecified atom stereocenters. The van der Waals surface area contributed by atoms with Gasteiger partial charge in [0.1, 0.15) is 6.54 Å². The van der Waals surface area contributed by atoms with E-state index in [2.05, 4.69) is 5.32 Å². The Hall–Kier alpha value is -1.75. The predicted octanol–water partition coefficient (Wildman–Crippen LogP) is 1.93. The van der Waals surface area contributed by atoms with Gasteiger partial charge < -0.3 is 15.3 Å². The standard InChI is InChI=1S/C12H15ClN2O3/c1-3-14-10-5-4-8(13)6-9(10)12(18)15(2)7-11(16)17/h4-6,14H,3,7H2,1-2H3,(H,16,17). The summed E-state index contributed by atoms with van der Waals surface area (Å²) in [5.74, 6) is -1.44. The van der Waals surface area contributed by atoms with Crippen molar-refractivity contribution in [3.63, 3.8) is 0 Å². The molecule has 0 saturated carbocycles. The number of benzene rings is 1. The Kier molecular flexibility index (Phi) is 4.97. The van der Waals surface area contributed by atoms with E-state index in [0.29, 0.717) is 22.8 Å². The van der Waals surface area contributed by atoms with Crippen LogP contribution in [0.5, 0.6) is 0 Å². The predicted molar refractivity (Wildman–Crippen MR) is 70.2 cm³/mol. The van der Waals surface area contributed by atoms with E-state index in [-0.39, 0.29) is 12.5 Å². The highest BCUT2D eigenvalue weighted by Gasteiger charge is 2.18. The molecule has 1 aromatic carbocycles. The number of nitrogens with one attached hydrogen (secondary N) is 1. The Balaban J connectivity index is 3.02. The van der Waals surface area contributed by atoms with Gasteiger partial charge in [-0.25, -0.2) is 0 Å². The molecule has 1 rings (SSSR count). The lowest BCUT2D eigenvalue weighted by molar-refractivity contribution is -0.137. The first kappa shape index (κ1) is 14.3. The summed E-state index contributed by atoms with van der Waals surface area (Å²) in [5.41, 5.74) is 1.01. The van der Waals surface area contributed by atoms with Crippen molar-refractivity contribution >= 4 is 29.2 Å². The van der Waals surface area contributed by atoms with E-state index >= 15 is 0 Å². The van der Waals surface area contributed by atoms with E-state index in [1.165, 1.54) is 13.1 Å². The van der Waals surface area contributed by atoms with Crippen LogP contribution in [0, 0.1) is 0 Å². The zero-order valence-electron chi connectivity index (χ0n) is 10.2. The highest BCUT2D eigenvalue weighted by atomic mass is 35.5. The number of amides is 1. The van der Waals surface area contributed by atoms with Crippen molar-refractivity contribution in [3.8, 4) is 0 Å². The summed E-state index contributed by atoms with van der Waals surface area (Å²) in [4.78, 5) is 23.8. The SMILES string of the molecule is CCNc1ccc(Cl)cc1C(=O)N(C)CC(=O)O. The summed E-state index contributed by atoms with van der Waals surface area (Å²) in [7, 11) is 1.44. The molecule has 2 N–H and O–H groups in total. The van der Waals surface area contributed by atoms with Gasteiger partial charge in [0, 0.05) is 24.3 Å². The van der Waals surface area contributed by atoms with Gasteiger partial charge in [0.05, 0.1) is 5.56 Å². The Morgan fingerprint density at radius 2 is 2.11 bits per heavy atom. The number of likely N-dealkylation sites (N-methyl/N-ethyl adjacent to an activating group) is 1. The molecular weight excluding hydrogens is 256 g/mol. The molecule has 0 saturated heterocycles. The van der Waals surface area contributed by atoms with Gasteiger partial charge in [0.15, 0.2) is 0 Å². The number of aliphatic carboxylic acids is 1. The normalized spacial score (nSPS) is 9.94. The van der Waals surface area contributed by atoms with Crippen LogP contribution in [0.15, 0.2) is 18.2 Å². The lowest BCUT2D eigenvalue weighted by Gasteiger charge is -2.17. The lowest BCUT2D eigenvalue weighted by atomic mass is 10.1. The second kappa shape index (κ2) is 6.26. The van der Waals surface area contributed by atoms with Crippen molar-refractivity contribution in [3.05, 3.63) is 28.8 Å². The van der Waals surface area contributed by atoms with Gasteiger partial charge in [-0.3, -0.25) is 9.59 Å². The molecule has 1 aromatic rings. The van der Waals surface area contributed by atoms with Crippen LogP contribution >= 0.6 is 11.6 Å². The highest BCUT2D eigenvalue weighted by Crippen LogP contribution is 2.21. The average Bonchev–Trinajstić information content (AvgIpc) is 2.30. The van der Waals surface area contributed by atoms with Gasteiger partial charge in [-0.2, -0.15) is 0 Å². The highest BCUT2D eigenvalue weighted by molar-refractivity contribution is 6.31. The summed E-state index contributed by atoms with van der Waals surface area (Å²) in [5, 5.41) is 12.1. The molecule has 5 nitrogen and oxygen atoms in total. The monoisotopic (exact) mass is 270 g/mol. The minimum absolute atomic E-state index is 0.350. The van der Waals surface area contributed by atoms with Crippen LogP contribution in [0.2, 0.25) is 5.02 Å². The molecule has 1 amide bonds. The second-order valence-electron chi connectivity index (χ2n) is 3.78. The van der Waals surface area contributed by atoms with Gasteiger partial charge in [0.2, 0.25) is 0 Å². The van der Waals surface area contributed by atoms with Gasteiger partial charge in [-0.1, -0.05) is 11.6 Å².